The lowest BCUT2D eigenvalue weighted by Crippen LogP contribution is -2.01. The van der Waals surface area contributed by atoms with Gasteiger partial charge >= 0.3 is 0 Å². The summed E-state index contributed by atoms with van der Waals surface area (Å²) in [7, 11) is 0. The molecule has 1 nitrogen and oxygen atoms in total. The van der Waals surface area contributed by atoms with Crippen molar-refractivity contribution in [1.29, 1.82) is 0 Å². The van der Waals surface area contributed by atoms with Crippen molar-refractivity contribution in [3.63, 3.8) is 0 Å². The molecule has 0 amide bonds. The molecular weight excluding hydrogens is 217 g/mol. The van der Waals surface area contributed by atoms with Crippen LogP contribution in [-0.4, -0.2) is 5.11 Å². The van der Waals surface area contributed by atoms with Crippen LogP contribution in [-0.2, 0) is 0 Å². The van der Waals surface area contributed by atoms with Gasteiger partial charge in [-0.1, -0.05) is 25.4 Å². The molecule has 0 atom stereocenters. The van der Waals surface area contributed by atoms with Crippen LogP contribution in [0, 0.1) is 17.5 Å². The van der Waals surface area contributed by atoms with E-state index in [-0.39, 0.29) is 5.56 Å². The maximum Gasteiger partial charge on any atom is 0.196 e. The van der Waals surface area contributed by atoms with Crippen LogP contribution >= 0.6 is 11.6 Å². The zero-order chi connectivity index (χ0) is 11.0. The molecule has 14 heavy (non-hydrogen) atoms. The minimum absolute atomic E-state index is 0.311. The summed E-state index contributed by atoms with van der Waals surface area (Å²) in [6.07, 6.45) is 0. The molecule has 0 heterocycles. The summed E-state index contributed by atoms with van der Waals surface area (Å²) in [6, 6.07) is 0. The molecule has 0 aliphatic carbocycles. The molecule has 0 radical (unpaired) electrons. The van der Waals surface area contributed by atoms with E-state index in [4.69, 9.17) is 11.6 Å². The van der Waals surface area contributed by atoms with Crippen molar-refractivity contribution in [3.8, 4) is 5.75 Å². The minimum atomic E-state index is -1.66. The van der Waals surface area contributed by atoms with Crippen molar-refractivity contribution < 1.29 is 18.3 Å². The second-order valence-corrected chi connectivity index (χ2v) is 3.55. The summed E-state index contributed by atoms with van der Waals surface area (Å²) in [5, 5.41) is 8.49. The van der Waals surface area contributed by atoms with E-state index in [1.165, 1.54) is 13.8 Å². The molecule has 0 spiro atoms. The van der Waals surface area contributed by atoms with Gasteiger partial charge < -0.3 is 5.11 Å². The van der Waals surface area contributed by atoms with Gasteiger partial charge in [0.15, 0.2) is 17.5 Å². The van der Waals surface area contributed by atoms with Crippen LogP contribution in [0.3, 0.4) is 0 Å². The average Bonchev–Trinajstić information content (AvgIpc) is 2.11. The fourth-order valence-electron chi connectivity index (χ4n) is 1.16. The quantitative estimate of drug-likeness (QED) is 0.571. The number of hydrogen-bond donors (Lipinski definition) is 1. The number of benzene rings is 1. The highest BCUT2D eigenvalue weighted by Gasteiger charge is 2.25. The Morgan fingerprint density at radius 1 is 1.07 bits per heavy atom. The summed E-state index contributed by atoms with van der Waals surface area (Å²) in [5.74, 6) is -5.83. The first-order valence-electron chi connectivity index (χ1n) is 3.92. The molecule has 0 saturated heterocycles. The second kappa shape index (κ2) is 3.69. The standard InChI is InChI=1S/C9H8ClF3O/c1-3(2)4-6(11)8(13)7(12)5(10)9(4)14/h3,14H,1-2H3. The van der Waals surface area contributed by atoms with Crippen LogP contribution in [0.4, 0.5) is 13.2 Å². The van der Waals surface area contributed by atoms with Crippen LogP contribution < -0.4 is 0 Å². The van der Waals surface area contributed by atoms with Gasteiger partial charge in [-0.2, -0.15) is 0 Å². The first kappa shape index (κ1) is 11.2. The van der Waals surface area contributed by atoms with Crippen molar-refractivity contribution in [1.82, 2.24) is 0 Å². The van der Waals surface area contributed by atoms with Gasteiger partial charge in [-0.25, -0.2) is 13.2 Å². The molecule has 5 heteroatoms. The molecule has 1 rings (SSSR count). The monoisotopic (exact) mass is 224 g/mol. The average molecular weight is 225 g/mol. The fourth-order valence-corrected chi connectivity index (χ4v) is 1.35. The molecule has 0 aliphatic heterocycles. The molecule has 0 bridgehead atoms. The maximum absolute atomic E-state index is 13.1. The molecule has 0 aliphatic rings. The molecule has 78 valence electrons. The Hall–Kier alpha value is -0.900. The van der Waals surface area contributed by atoms with E-state index in [2.05, 4.69) is 0 Å². The Labute approximate surface area is 84.1 Å². The lowest BCUT2D eigenvalue weighted by atomic mass is 10.0. The van der Waals surface area contributed by atoms with Crippen LogP contribution in [0.2, 0.25) is 5.02 Å². The Bertz CT molecular complexity index is 348. The van der Waals surface area contributed by atoms with Crippen molar-refractivity contribution >= 4 is 11.6 Å². The zero-order valence-corrected chi connectivity index (χ0v) is 8.29. The van der Waals surface area contributed by atoms with E-state index in [0.29, 0.717) is 0 Å². The van der Waals surface area contributed by atoms with Gasteiger partial charge in [0.25, 0.3) is 0 Å². The summed E-state index contributed by atoms with van der Waals surface area (Å²) in [4.78, 5) is 0. The van der Waals surface area contributed by atoms with E-state index in [9.17, 15) is 18.3 Å². The van der Waals surface area contributed by atoms with Gasteiger partial charge in [-0.05, 0) is 5.92 Å². The maximum atomic E-state index is 13.1. The third kappa shape index (κ3) is 1.54. The molecule has 0 saturated carbocycles. The number of phenols is 1. The Balaban J connectivity index is 3.60. The van der Waals surface area contributed by atoms with Gasteiger partial charge in [0.2, 0.25) is 0 Å². The van der Waals surface area contributed by atoms with Crippen molar-refractivity contribution in [2.75, 3.05) is 0 Å². The SMILES string of the molecule is CC(C)c1c(O)c(Cl)c(F)c(F)c1F. The van der Waals surface area contributed by atoms with Crippen LogP contribution in [0.25, 0.3) is 0 Å². The molecule has 1 N–H and O–H groups in total. The third-order valence-electron chi connectivity index (χ3n) is 1.85. The first-order valence-corrected chi connectivity index (χ1v) is 4.30. The van der Waals surface area contributed by atoms with Gasteiger partial charge in [0, 0.05) is 5.56 Å². The highest BCUT2D eigenvalue weighted by atomic mass is 35.5. The third-order valence-corrected chi connectivity index (χ3v) is 2.20. The zero-order valence-electron chi connectivity index (χ0n) is 7.54. The van der Waals surface area contributed by atoms with E-state index in [1.54, 1.807) is 0 Å². The van der Waals surface area contributed by atoms with Crippen molar-refractivity contribution in [2.45, 2.75) is 19.8 Å². The highest BCUT2D eigenvalue weighted by molar-refractivity contribution is 6.32. The van der Waals surface area contributed by atoms with Crippen molar-refractivity contribution in [3.05, 3.63) is 28.0 Å². The fraction of sp³-hybridized carbons (Fsp3) is 0.333. The predicted octanol–water partition coefficient (Wildman–Crippen LogP) is 3.59. The summed E-state index contributed by atoms with van der Waals surface area (Å²) in [6.45, 7) is 3.07. The smallest absolute Gasteiger partial charge is 0.196 e. The number of hydrogen-bond acceptors (Lipinski definition) is 1. The molecule has 1 aromatic rings. The molecule has 0 aromatic heterocycles. The van der Waals surface area contributed by atoms with Gasteiger partial charge in [0.05, 0.1) is 0 Å². The Kier molecular flexibility index (Phi) is 2.95. The predicted molar refractivity (Wildman–Crippen MR) is 47.1 cm³/mol. The Morgan fingerprint density at radius 2 is 1.57 bits per heavy atom. The van der Waals surface area contributed by atoms with E-state index >= 15 is 0 Å². The largest absolute Gasteiger partial charge is 0.506 e. The highest BCUT2D eigenvalue weighted by Crippen LogP contribution is 2.38. The van der Waals surface area contributed by atoms with E-state index in [0.717, 1.165) is 0 Å². The summed E-state index contributed by atoms with van der Waals surface area (Å²) >= 11 is 5.27. The number of phenolic OH excluding ortho intramolecular Hbond substituents is 1. The number of halogens is 4. The van der Waals surface area contributed by atoms with Gasteiger partial charge in [0.1, 0.15) is 10.8 Å². The van der Waals surface area contributed by atoms with Crippen LogP contribution in [0.5, 0.6) is 5.75 Å². The minimum Gasteiger partial charge on any atom is -0.506 e. The molecular formula is C9H8ClF3O. The summed E-state index contributed by atoms with van der Waals surface area (Å²) in [5.41, 5.74) is -0.311. The normalized spacial score (nSPS) is 11.1. The second-order valence-electron chi connectivity index (χ2n) is 3.17. The molecule has 0 fully saturated rings. The number of rotatable bonds is 1. The van der Waals surface area contributed by atoms with Gasteiger partial charge in [-0.15, -0.1) is 0 Å². The lowest BCUT2D eigenvalue weighted by Gasteiger charge is -2.12. The van der Waals surface area contributed by atoms with Gasteiger partial charge in [-0.3, -0.25) is 0 Å². The number of aromatic hydroxyl groups is 1. The van der Waals surface area contributed by atoms with Crippen LogP contribution in [0.15, 0.2) is 0 Å². The molecule has 1 aromatic carbocycles. The van der Waals surface area contributed by atoms with Crippen LogP contribution in [0.1, 0.15) is 25.3 Å². The molecule has 0 unspecified atom stereocenters. The lowest BCUT2D eigenvalue weighted by molar-refractivity contribution is 0.405. The van der Waals surface area contributed by atoms with E-state index in [1.807, 2.05) is 0 Å². The summed E-state index contributed by atoms with van der Waals surface area (Å²) < 4.78 is 38.8. The Morgan fingerprint density at radius 3 is 2.00 bits per heavy atom. The van der Waals surface area contributed by atoms with E-state index < -0.39 is 34.1 Å². The van der Waals surface area contributed by atoms with Crippen molar-refractivity contribution in [2.24, 2.45) is 0 Å². The first-order chi connectivity index (χ1) is 6.37. The topological polar surface area (TPSA) is 20.2 Å².